The molecule has 0 bridgehead atoms. The molecule has 0 saturated heterocycles. The molecule has 1 fully saturated rings. The molecule has 0 radical (unpaired) electrons. The SMILES string of the molecule is Cc1cccc2nc(C(C)C(C)C)n(C3CC3c3ccc4nc(C(C)(C)C)n(-c5ccccc5F)c(=O)c4c3)c(=O)c12. The average molecular weight is 565 g/mol. The van der Waals surface area contributed by atoms with Crippen LogP contribution in [0.15, 0.2) is 70.3 Å². The molecule has 0 aliphatic heterocycles. The van der Waals surface area contributed by atoms with Crippen molar-refractivity contribution in [3.8, 4) is 5.69 Å². The van der Waals surface area contributed by atoms with Gasteiger partial charge in [-0.2, -0.15) is 0 Å². The van der Waals surface area contributed by atoms with Crippen LogP contribution in [0.1, 0.15) is 88.6 Å². The molecule has 1 aliphatic carbocycles. The van der Waals surface area contributed by atoms with Crippen LogP contribution in [0.4, 0.5) is 4.39 Å². The Morgan fingerprint density at radius 2 is 1.64 bits per heavy atom. The Kier molecular flexibility index (Phi) is 6.67. The monoisotopic (exact) mass is 564 g/mol. The first-order valence-corrected chi connectivity index (χ1v) is 14.7. The molecule has 216 valence electrons. The maximum atomic E-state index is 15.0. The third kappa shape index (κ3) is 4.55. The molecule has 1 saturated carbocycles. The summed E-state index contributed by atoms with van der Waals surface area (Å²) in [5.41, 5.74) is 2.57. The second kappa shape index (κ2) is 10.0. The first-order chi connectivity index (χ1) is 19.9. The van der Waals surface area contributed by atoms with Crippen LogP contribution in [0.25, 0.3) is 27.5 Å². The van der Waals surface area contributed by atoms with E-state index in [1.165, 1.54) is 10.6 Å². The Morgan fingerprint density at radius 3 is 2.33 bits per heavy atom. The molecular formula is C35H37FN4O2. The lowest BCUT2D eigenvalue weighted by atomic mass is 9.94. The van der Waals surface area contributed by atoms with Crippen molar-refractivity contribution in [2.75, 3.05) is 0 Å². The van der Waals surface area contributed by atoms with E-state index < -0.39 is 11.2 Å². The lowest BCUT2D eigenvalue weighted by Crippen LogP contribution is -2.31. The van der Waals surface area contributed by atoms with E-state index in [4.69, 9.17) is 9.97 Å². The number of aromatic nitrogens is 4. The predicted molar refractivity (Wildman–Crippen MR) is 166 cm³/mol. The summed E-state index contributed by atoms with van der Waals surface area (Å²) in [7, 11) is 0. The third-order valence-electron chi connectivity index (χ3n) is 8.75. The van der Waals surface area contributed by atoms with E-state index in [-0.39, 0.29) is 34.7 Å². The molecule has 2 heterocycles. The second-order valence-electron chi connectivity index (χ2n) is 13.1. The fourth-order valence-corrected chi connectivity index (χ4v) is 5.98. The summed E-state index contributed by atoms with van der Waals surface area (Å²) < 4.78 is 18.3. The van der Waals surface area contributed by atoms with Crippen LogP contribution in [0.3, 0.4) is 0 Å². The summed E-state index contributed by atoms with van der Waals surface area (Å²) in [6.45, 7) is 14.3. The first kappa shape index (κ1) is 28.0. The van der Waals surface area contributed by atoms with Crippen LogP contribution in [-0.2, 0) is 5.41 Å². The van der Waals surface area contributed by atoms with Gasteiger partial charge in [0.15, 0.2) is 0 Å². The fourth-order valence-electron chi connectivity index (χ4n) is 5.98. The van der Waals surface area contributed by atoms with Gasteiger partial charge in [-0.25, -0.2) is 14.4 Å². The minimum Gasteiger partial charge on any atom is -0.292 e. The summed E-state index contributed by atoms with van der Waals surface area (Å²) in [4.78, 5) is 37.9. The highest BCUT2D eigenvalue weighted by Crippen LogP contribution is 2.52. The number of nitrogens with zero attached hydrogens (tertiary/aromatic N) is 4. The largest absolute Gasteiger partial charge is 0.292 e. The summed E-state index contributed by atoms with van der Waals surface area (Å²) >= 11 is 0. The van der Waals surface area contributed by atoms with Crippen LogP contribution >= 0.6 is 0 Å². The zero-order chi connectivity index (χ0) is 30.1. The van der Waals surface area contributed by atoms with Crippen LogP contribution in [-0.4, -0.2) is 19.1 Å². The number of aryl methyl sites for hydroxylation is 1. The summed E-state index contributed by atoms with van der Waals surface area (Å²) in [6, 6.07) is 17.8. The minimum atomic E-state index is -0.498. The van der Waals surface area contributed by atoms with E-state index in [1.807, 2.05) is 68.7 Å². The van der Waals surface area contributed by atoms with Gasteiger partial charge in [0.2, 0.25) is 0 Å². The molecular weight excluding hydrogens is 527 g/mol. The van der Waals surface area contributed by atoms with Crippen molar-refractivity contribution in [3.63, 3.8) is 0 Å². The van der Waals surface area contributed by atoms with Crippen LogP contribution in [0.5, 0.6) is 0 Å². The zero-order valence-electron chi connectivity index (χ0n) is 25.3. The van der Waals surface area contributed by atoms with Gasteiger partial charge in [-0.15, -0.1) is 0 Å². The average Bonchev–Trinajstić information content (AvgIpc) is 3.72. The summed E-state index contributed by atoms with van der Waals surface area (Å²) in [5, 5.41) is 1.10. The molecule has 3 atom stereocenters. The van der Waals surface area contributed by atoms with E-state index >= 15 is 0 Å². The molecule has 0 amide bonds. The standard InChI is InChI=1S/C35H37FN4O2/c1-19(2)21(4)31-37-27-13-10-11-20(3)30(27)33(42)39(31)29-18-23(29)22-15-16-26-24(17-22)32(41)40(34(38-26)35(5,6)7)28-14-9-8-12-25(28)36/h8-17,19,21,23,29H,18H2,1-7H3. The quantitative estimate of drug-likeness (QED) is 0.224. The Labute approximate surface area is 244 Å². The summed E-state index contributed by atoms with van der Waals surface area (Å²) in [6.07, 6.45) is 0.775. The highest BCUT2D eigenvalue weighted by Gasteiger charge is 2.43. The lowest BCUT2D eigenvalue weighted by molar-refractivity contribution is 0.472. The number of fused-ring (bicyclic) bond motifs is 2. The lowest BCUT2D eigenvalue weighted by Gasteiger charge is -2.24. The number of para-hydroxylation sites is 1. The molecule has 6 nitrogen and oxygen atoms in total. The Morgan fingerprint density at radius 1 is 0.905 bits per heavy atom. The van der Waals surface area contributed by atoms with Crippen LogP contribution < -0.4 is 11.1 Å². The van der Waals surface area contributed by atoms with Crippen LogP contribution in [0.2, 0.25) is 0 Å². The number of rotatable bonds is 5. The Balaban J connectivity index is 1.50. The van der Waals surface area contributed by atoms with E-state index in [1.54, 1.807) is 18.2 Å². The third-order valence-corrected chi connectivity index (χ3v) is 8.75. The molecule has 6 rings (SSSR count). The van der Waals surface area contributed by atoms with Gasteiger partial charge < -0.3 is 0 Å². The number of benzene rings is 3. The molecule has 3 aromatic carbocycles. The van der Waals surface area contributed by atoms with Crippen molar-refractivity contribution in [2.45, 2.75) is 78.2 Å². The van der Waals surface area contributed by atoms with Crippen molar-refractivity contribution in [1.29, 1.82) is 0 Å². The van der Waals surface area contributed by atoms with Gasteiger partial charge in [0.1, 0.15) is 17.5 Å². The van der Waals surface area contributed by atoms with Gasteiger partial charge in [0.05, 0.1) is 27.5 Å². The zero-order valence-corrected chi connectivity index (χ0v) is 25.3. The van der Waals surface area contributed by atoms with E-state index in [0.29, 0.717) is 28.0 Å². The van der Waals surface area contributed by atoms with Crippen molar-refractivity contribution >= 4 is 21.8 Å². The molecule has 5 aromatic rings. The normalized spacial score (nSPS) is 17.7. The molecule has 3 unspecified atom stereocenters. The first-order valence-electron chi connectivity index (χ1n) is 14.7. The van der Waals surface area contributed by atoms with Gasteiger partial charge in [-0.1, -0.05) is 71.9 Å². The van der Waals surface area contributed by atoms with Gasteiger partial charge in [0, 0.05) is 23.3 Å². The Bertz CT molecular complexity index is 1980. The van der Waals surface area contributed by atoms with E-state index in [0.717, 1.165) is 28.9 Å². The van der Waals surface area contributed by atoms with Crippen LogP contribution in [0, 0.1) is 18.7 Å². The van der Waals surface area contributed by atoms with Crippen molar-refractivity contribution in [2.24, 2.45) is 5.92 Å². The van der Waals surface area contributed by atoms with Gasteiger partial charge in [-0.3, -0.25) is 18.7 Å². The summed E-state index contributed by atoms with van der Waals surface area (Å²) in [5.74, 6) is 1.28. The van der Waals surface area contributed by atoms with Gasteiger partial charge in [-0.05, 0) is 60.7 Å². The minimum absolute atomic E-state index is 0.00715. The topological polar surface area (TPSA) is 69.8 Å². The highest BCUT2D eigenvalue weighted by atomic mass is 19.1. The molecule has 0 N–H and O–H groups in total. The van der Waals surface area contributed by atoms with E-state index in [2.05, 4.69) is 20.8 Å². The van der Waals surface area contributed by atoms with Gasteiger partial charge in [0.25, 0.3) is 11.1 Å². The number of hydrogen-bond acceptors (Lipinski definition) is 4. The maximum Gasteiger partial charge on any atom is 0.266 e. The second-order valence-corrected chi connectivity index (χ2v) is 13.1. The van der Waals surface area contributed by atoms with Gasteiger partial charge >= 0.3 is 0 Å². The number of halogens is 1. The molecule has 2 aromatic heterocycles. The Hall–Kier alpha value is -4.13. The van der Waals surface area contributed by atoms with Crippen molar-refractivity contribution in [1.82, 2.24) is 19.1 Å². The molecule has 42 heavy (non-hydrogen) atoms. The van der Waals surface area contributed by atoms with Crippen molar-refractivity contribution < 1.29 is 4.39 Å². The van der Waals surface area contributed by atoms with Crippen molar-refractivity contribution in [3.05, 3.63) is 110 Å². The fraction of sp³-hybridized carbons (Fsp3) is 0.371. The number of hydrogen-bond donors (Lipinski definition) is 0. The molecule has 0 spiro atoms. The predicted octanol–water partition coefficient (Wildman–Crippen LogP) is 7.33. The maximum absolute atomic E-state index is 15.0. The molecule has 1 aliphatic rings. The highest BCUT2D eigenvalue weighted by molar-refractivity contribution is 5.81. The van der Waals surface area contributed by atoms with E-state index in [9.17, 15) is 14.0 Å². The smallest absolute Gasteiger partial charge is 0.266 e. The molecule has 7 heteroatoms.